The molecule has 1 atom stereocenters. The normalized spacial score (nSPS) is 20.0. The molecular weight excluding hydrogens is 344 g/mol. The van der Waals surface area contributed by atoms with Gasteiger partial charge in [-0.25, -0.2) is 9.59 Å². The number of carbonyl (C=O) groups is 2. The molecule has 2 aliphatic heterocycles. The van der Waals surface area contributed by atoms with Gasteiger partial charge in [-0.3, -0.25) is 9.88 Å². The molecule has 0 saturated carbocycles. The van der Waals surface area contributed by atoms with Gasteiger partial charge >= 0.3 is 12.0 Å². The lowest BCUT2D eigenvalue weighted by Crippen LogP contribution is -2.51. The number of pyridine rings is 1. The van der Waals surface area contributed by atoms with Gasteiger partial charge in [-0.1, -0.05) is 18.2 Å². The molecule has 27 heavy (non-hydrogen) atoms. The summed E-state index contributed by atoms with van der Waals surface area (Å²) in [6.45, 7) is 4.38. The fraction of sp³-hybridized carbons (Fsp3) is 0.350. The van der Waals surface area contributed by atoms with Crippen molar-refractivity contribution in [1.29, 1.82) is 0 Å². The van der Waals surface area contributed by atoms with Gasteiger partial charge in [0.2, 0.25) is 0 Å². The van der Waals surface area contributed by atoms with E-state index in [0.29, 0.717) is 18.7 Å². The first-order valence-corrected chi connectivity index (χ1v) is 9.10. The van der Waals surface area contributed by atoms with Crippen molar-refractivity contribution in [3.8, 4) is 0 Å². The van der Waals surface area contributed by atoms with E-state index in [4.69, 9.17) is 5.11 Å². The van der Waals surface area contributed by atoms with Crippen molar-refractivity contribution >= 4 is 12.0 Å². The predicted octanol–water partition coefficient (Wildman–Crippen LogP) is 1.90. The molecule has 0 bridgehead atoms. The largest absolute Gasteiger partial charge is 0.478 e. The maximum Gasteiger partial charge on any atom is 0.335 e. The number of carbonyl (C=O) groups excluding carboxylic acids is 1. The van der Waals surface area contributed by atoms with Gasteiger partial charge in [0, 0.05) is 38.9 Å². The van der Waals surface area contributed by atoms with Crippen LogP contribution in [0.4, 0.5) is 4.79 Å². The Balaban J connectivity index is 1.37. The second-order valence-corrected chi connectivity index (χ2v) is 7.07. The minimum atomic E-state index is -0.910. The van der Waals surface area contributed by atoms with Crippen LogP contribution in [-0.2, 0) is 13.1 Å². The number of carboxylic acid groups (broad SMARTS) is 1. The molecule has 7 nitrogen and oxygen atoms in total. The maximum absolute atomic E-state index is 12.7. The molecular formula is C20H22N4O3. The Kier molecular flexibility index (Phi) is 4.77. The van der Waals surface area contributed by atoms with Crippen LogP contribution in [0.3, 0.4) is 0 Å². The molecule has 4 rings (SSSR count). The van der Waals surface area contributed by atoms with Crippen LogP contribution in [0.25, 0.3) is 0 Å². The number of amides is 2. The van der Waals surface area contributed by atoms with Crippen LogP contribution in [0.15, 0.2) is 48.7 Å². The van der Waals surface area contributed by atoms with E-state index in [-0.39, 0.29) is 12.1 Å². The Bertz CT molecular complexity index is 825. The lowest BCUT2D eigenvalue weighted by Gasteiger charge is -2.36. The smallest absolute Gasteiger partial charge is 0.335 e. The lowest BCUT2D eigenvalue weighted by atomic mass is 10.1. The first-order chi connectivity index (χ1) is 13.1. The number of aromatic nitrogens is 1. The number of piperazine rings is 1. The quantitative estimate of drug-likeness (QED) is 0.875. The van der Waals surface area contributed by atoms with Gasteiger partial charge in [-0.15, -0.1) is 0 Å². The highest BCUT2D eigenvalue weighted by molar-refractivity contribution is 5.87. The van der Waals surface area contributed by atoms with E-state index in [2.05, 4.69) is 9.88 Å². The predicted molar refractivity (Wildman–Crippen MR) is 99.2 cm³/mol. The molecule has 140 valence electrons. The van der Waals surface area contributed by atoms with Crippen LogP contribution in [-0.4, -0.2) is 69.0 Å². The van der Waals surface area contributed by atoms with Crippen LogP contribution in [0.1, 0.15) is 21.6 Å². The number of nitrogens with zero attached hydrogens (tertiary/aromatic N) is 4. The van der Waals surface area contributed by atoms with Crippen molar-refractivity contribution in [1.82, 2.24) is 19.7 Å². The van der Waals surface area contributed by atoms with Crippen LogP contribution in [0, 0.1) is 0 Å². The summed E-state index contributed by atoms with van der Waals surface area (Å²) in [6.07, 6.45) is 1.75. The van der Waals surface area contributed by atoms with Crippen LogP contribution < -0.4 is 0 Å². The third-order valence-corrected chi connectivity index (χ3v) is 5.20. The van der Waals surface area contributed by atoms with Crippen LogP contribution in [0.5, 0.6) is 0 Å². The van der Waals surface area contributed by atoms with Crippen LogP contribution in [0.2, 0.25) is 0 Å². The summed E-state index contributed by atoms with van der Waals surface area (Å²) in [5.41, 5.74) is 2.29. The van der Waals surface area contributed by atoms with E-state index in [9.17, 15) is 9.59 Å². The summed E-state index contributed by atoms with van der Waals surface area (Å²) in [6, 6.07) is 13.0. The van der Waals surface area contributed by atoms with E-state index in [1.807, 2.05) is 40.1 Å². The number of urea groups is 1. The first-order valence-electron chi connectivity index (χ1n) is 9.10. The summed E-state index contributed by atoms with van der Waals surface area (Å²) in [5, 5.41) is 9.00. The van der Waals surface area contributed by atoms with Gasteiger partial charge in [0.1, 0.15) is 0 Å². The van der Waals surface area contributed by atoms with Gasteiger partial charge in [0.15, 0.2) is 0 Å². The van der Waals surface area contributed by atoms with E-state index in [1.54, 1.807) is 18.3 Å². The zero-order chi connectivity index (χ0) is 18.8. The lowest BCUT2D eigenvalue weighted by molar-refractivity contribution is 0.0697. The second kappa shape index (κ2) is 7.36. The molecule has 1 unspecified atom stereocenters. The molecule has 1 N–H and O–H groups in total. The average Bonchev–Trinajstić information content (AvgIpc) is 2.98. The topological polar surface area (TPSA) is 77.0 Å². The van der Waals surface area contributed by atoms with Crippen molar-refractivity contribution in [2.45, 2.75) is 19.1 Å². The molecule has 1 aromatic carbocycles. The summed E-state index contributed by atoms with van der Waals surface area (Å²) >= 11 is 0. The molecule has 0 radical (unpaired) electrons. The molecule has 1 aromatic heterocycles. The third-order valence-electron chi connectivity index (χ3n) is 5.20. The summed E-state index contributed by atoms with van der Waals surface area (Å²) in [4.78, 5) is 34.1. The minimum Gasteiger partial charge on any atom is -0.478 e. The van der Waals surface area contributed by atoms with Gasteiger partial charge in [-0.05, 0) is 29.8 Å². The number of rotatable bonds is 5. The number of hydrogen-bond donors (Lipinski definition) is 1. The summed E-state index contributed by atoms with van der Waals surface area (Å²) in [5.74, 6) is -0.910. The van der Waals surface area contributed by atoms with Gasteiger partial charge in [0.25, 0.3) is 0 Å². The average molecular weight is 366 g/mol. The maximum atomic E-state index is 12.7. The molecule has 7 heteroatoms. The fourth-order valence-corrected chi connectivity index (χ4v) is 3.82. The number of fused-ring (bicyclic) bond motifs is 1. The zero-order valence-corrected chi connectivity index (χ0v) is 15.0. The third kappa shape index (κ3) is 3.78. The molecule has 2 saturated heterocycles. The number of hydrogen-bond acceptors (Lipinski definition) is 4. The molecule has 2 fully saturated rings. The van der Waals surface area contributed by atoms with Crippen molar-refractivity contribution in [3.05, 3.63) is 65.5 Å². The van der Waals surface area contributed by atoms with Gasteiger partial charge in [-0.2, -0.15) is 0 Å². The highest BCUT2D eigenvalue weighted by Gasteiger charge is 2.40. The van der Waals surface area contributed by atoms with E-state index >= 15 is 0 Å². The van der Waals surface area contributed by atoms with E-state index in [1.165, 1.54) is 0 Å². The zero-order valence-electron chi connectivity index (χ0n) is 15.0. The Labute approximate surface area is 157 Å². The fourth-order valence-electron chi connectivity index (χ4n) is 3.82. The van der Waals surface area contributed by atoms with Crippen molar-refractivity contribution in [3.63, 3.8) is 0 Å². The van der Waals surface area contributed by atoms with Crippen molar-refractivity contribution in [2.75, 3.05) is 26.2 Å². The Hall–Kier alpha value is -2.93. The van der Waals surface area contributed by atoms with Gasteiger partial charge < -0.3 is 14.9 Å². The molecule has 0 spiro atoms. The van der Waals surface area contributed by atoms with E-state index < -0.39 is 5.97 Å². The number of carboxylic acids is 1. The summed E-state index contributed by atoms with van der Waals surface area (Å²) < 4.78 is 0. The second-order valence-electron chi connectivity index (χ2n) is 7.07. The SMILES string of the molecule is O=C(O)c1ccc(CN2CCN3C(=O)N(Cc4ccccn4)CC3C2)cc1. The molecule has 3 heterocycles. The molecule has 0 aliphatic carbocycles. The highest BCUT2D eigenvalue weighted by atomic mass is 16.4. The van der Waals surface area contributed by atoms with E-state index in [0.717, 1.165) is 37.4 Å². The highest BCUT2D eigenvalue weighted by Crippen LogP contribution is 2.23. The van der Waals surface area contributed by atoms with Crippen LogP contribution >= 0.6 is 0 Å². The minimum absolute atomic E-state index is 0.0936. The number of aromatic carboxylic acids is 1. The Morgan fingerprint density at radius 1 is 1.07 bits per heavy atom. The molecule has 2 aliphatic rings. The first kappa shape index (κ1) is 17.5. The molecule has 2 aromatic rings. The Morgan fingerprint density at radius 3 is 2.59 bits per heavy atom. The van der Waals surface area contributed by atoms with Crippen molar-refractivity contribution in [2.24, 2.45) is 0 Å². The standard InChI is InChI=1S/C20H22N4O3/c25-19(26)16-6-4-15(5-7-16)11-22-9-10-24-18(13-22)14-23(20(24)27)12-17-3-1-2-8-21-17/h1-8,18H,9-14H2,(H,25,26). The van der Waals surface area contributed by atoms with Crippen molar-refractivity contribution < 1.29 is 14.7 Å². The number of benzene rings is 1. The van der Waals surface area contributed by atoms with Gasteiger partial charge in [0.05, 0.1) is 23.8 Å². The Morgan fingerprint density at radius 2 is 1.89 bits per heavy atom. The monoisotopic (exact) mass is 366 g/mol. The molecule has 2 amide bonds. The summed E-state index contributed by atoms with van der Waals surface area (Å²) in [7, 11) is 0.